The lowest BCUT2D eigenvalue weighted by atomic mass is 10.0. The van der Waals surface area contributed by atoms with E-state index in [1.54, 1.807) is 24.3 Å². The highest BCUT2D eigenvalue weighted by molar-refractivity contribution is 5.88. The van der Waals surface area contributed by atoms with Gasteiger partial charge in [0, 0.05) is 5.56 Å². The molecule has 0 saturated heterocycles. The Morgan fingerprint density at radius 1 is 1.21 bits per heavy atom. The van der Waals surface area contributed by atoms with Crippen LogP contribution in [0.2, 0.25) is 0 Å². The lowest BCUT2D eigenvalue weighted by Gasteiger charge is -2.05. The molecule has 2 aromatic carbocycles. The zero-order valence-electron chi connectivity index (χ0n) is 9.88. The number of hydrogen-bond donors (Lipinski definition) is 2. The molecular formula is C14H11FN2O2. The van der Waals surface area contributed by atoms with E-state index in [0.29, 0.717) is 11.1 Å². The van der Waals surface area contributed by atoms with E-state index in [1.807, 2.05) is 0 Å². The minimum absolute atomic E-state index is 0.0758. The van der Waals surface area contributed by atoms with Gasteiger partial charge in [0.15, 0.2) is 0 Å². The van der Waals surface area contributed by atoms with Gasteiger partial charge in [-0.15, -0.1) is 0 Å². The molecule has 0 aliphatic rings. The molecule has 0 amide bonds. The summed E-state index contributed by atoms with van der Waals surface area (Å²) in [6.07, 6.45) is 1.48. The van der Waals surface area contributed by atoms with Gasteiger partial charge in [-0.2, -0.15) is 5.10 Å². The molecule has 0 saturated carbocycles. The molecule has 0 bridgehead atoms. The summed E-state index contributed by atoms with van der Waals surface area (Å²) in [6.45, 7) is 0. The second-order valence-electron chi connectivity index (χ2n) is 3.90. The molecule has 96 valence electrons. The number of hydrazone groups is 1. The van der Waals surface area contributed by atoms with Crippen LogP contribution in [0.3, 0.4) is 0 Å². The minimum Gasteiger partial charge on any atom is -0.478 e. The summed E-state index contributed by atoms with van der Waals surface area (Å²) in [6, 6.07) is 10.8. The van der Waals surface area contributed by atoms with E-state index in [4.69, 9.17) is 10.9 Å². The third-order valence-corrected chi connectivity index (χ3v) is 2.66. The van der Waals surface area contributed by atoms with Crippen molar-refractivity contribution in [1.29, 1.82) is 0 Å². The summed E-state index contributed by atoms with van der Waals surface area (Å²) >= 11 is 0. The van der Waals surface area contributed by atoms with Crippen LogP contribution in [0.4, 0.5) is 4.39 Å². The largest absolute Gasteiger partial charge is 0.478 e. The highest BCUT2D eigenvalue weighted by Gasteiger charge is 2.09. The predicted molar refractivity (Wildman–Crippen MR) is 70.6 cm³/mol. The summed E-state index contributed by atoms with van der Waals surface area (Å²) in [5, 5.41) is 12.2. The molecule has 19 heavy (non-hydrogen) atoms. The van der Waals surface area contributed by atoms with Gasteiger partial charge in [-0.1, -0.05) is 30.3 Å². The van der Waals surface area contributed by atoms with Gasteiger partial charge in [-0.25, -0.2) is 9.18 Å². The Labute approximate surface area is 109 Å². The van der Waals surface area contributed by atoms with Crippen LogP contribution in [-0.4, -0.2) is 17.3 Å². The fourth-order valence-corrected chi connectivity index (χ4v) is 1.72. The van der Waals surface area contributed by atoms with E-state index in [1.165, 1.54) is 18.3 Å². The Bertz CT molecular complexity index is 636. The van der Waals surface area contributed by atoms with Crippen LogP contribution >= 0.6 is 0 Å². The number of carbonyl (C=O) groups is 1. The number of halogens is 1. The standard InChI is InChI=1S/C14H11FN2O2/c15-13-7-11(14(18)19)5-6-12(13)10-3-1-9(2-4-10)8-17-16/h1-8H,16H2,(H,18,19). The Morgan fingerprint density at radius 3 is 2.42 bits per heavy atom. The zero-order chi connectivity index (χ0) is 13.8. The summed E-state index contributed by atoms with van der Waals surface area (Å²) in [4.78, 5) is 10.7. The molecule has 0 aliphatic carbocycles. The Balaban J connectivity index is 2.39. The quantitative estimate of drug-likeness (QED) is 0.504. The first-order chi connectivity index (χ1) is 9.11. The van der Waals surface area contributed by atoms with E-state index in [2.05, 4.69) is 5.10 Å². The molecule has 2 rings (SSSR count). The van der Waals surface area contributed by atoms with Gasteiger partial charge in [0.2, 0.25) is 0 Å². The number of rotatable bonds is 3. The van der Waals surface area contributed by atoms with Gasteiger partial charge in [-0.05, 0) is 23.3 Å². The van der Waals surface area contributed by atoms with Crippen molar-refractivity contribution in [1.82, 2.24) is 0 Å². The lowest BCUT2D eigenvalue weighted by Crippen LogP contribution is -1.97. The van der Waals surface area contributed by atoms with Gasteiger partial charge >= 0.3 is 5.97 Å². The molecule has 0 aliphatic heterocycles. The van der Waals surface area contributed by atoms with Crippen molar-refractivity contribution in [2.24, 2.45) is 10.9 Å². The Hall–Kier alpha value is -2.69. The van der Waals surface area contributed by atoms with E-state index in [0.717, 1.165) is 11.6 Å². The number of nitrogens with zero attached hydrogens (tertiary/aromatic N) is 1. The molecule has 0 heterocycles. The van der Waals surface area contributed by atoms with Crippen molar-refractivity contribution >= 4 is 12.2 Å². The molecule has 0 unspecified atom stereocenters. The van der Waals surface area contributed by atoms with E-state index >= 15 is 0 Å². The Kier molecular flexibility index (Phi) is 3.56. The first-order valence-corrected chi connectivity index (χ1v) is 5.48. The third-order valence-electron chi connectivity index (χ3n) is 2.66. The smallest absolute Gasteiger partial charge is 0.335 e. The molecule has 3 N–H and O–H groups in total. The Morgan fingerprint density at radius 2 is 1.89 bits per heavy atom. The van der Waals surface area contributed by atoms with Crippen molar-refractivity contribution < 1.29 is 14.3 Å². The molecule has 4 nitrogen and oxygen atoms in total. The molecule has 0 radical (unpaired) electrons. The van der Waals surface area contributed by atoms with Crippen molar-refractivity contribution in [3.63, 3.8) is 0 Å². The highest BCUT2D eigenvalue weighted by atomic mass is 19.1. The SMILES string of the molecule is NN=Cc1ccc(-c2ccc(C(=O)O)cc2F)cc1. The van der Waals surface area contributed by atoms with Gasteiger partial charge in [0.05, 0.1) is 11.8 Å². The number of carboxylic acid groups (broad SMARTS) is 1. The van der Waals surface area contributed by atoms with Crippen molar-refractivity contribution in [2.45, 2.75) is 0 Å². The second kappa shape index (κ2) is 5.30. The molecule has 5 heteroatoms. The maximum atomic E-state index is 13.8. The summed E-state index contributed by atoms with van der Waals surface area (Å²) in [5.41, 5.74) is 1.73. The van der Waals surface area contributed by atoms with Gasteiger partial charge in [0.25, 0.3) is 0 Å². The maximum absolute atomic E-state index is 13.8. The average Bonchev–Trinajstić information content (AvgIpc) is 2.40. The monoisotopic (exact) mass is 258 g/mol. The second-order valence-corrected chi connectivity index (χ2v) is 3.90. The first kappa shape index (κ1) is 12.8. The average molecular weight is 258 g/mol. The normalized spacial score (nSPS) is 10.8. The molecule has 0 fully saturated rings. The topological polar surface area (TPSA) is 75.7 Å². The lowest BCUT2D eigenvalue weighted by molar-refractivity contribution is 0.0696. The van der Waals surface area contributed by atoms with Crippen LogP contribution in [0.5, 0.6) is 0 Å². The molecule has 2 aromatic rings. The van der Waals surface area contributed by atoms with E-state index < -0.39 is 11.8 Å². The number of carboxylic acids is 1. The highest BCUT2D eigenvalue weighted by Crippen LogP contribution is 2.23. The fraction of sp³-hybridized carbons (Fsp3) is 0. The zero-order valence-corrected chi connectivity index (χ0v) is 9.88. The van der Waals surface area contributed by atoms with Crippen molar-refractivity contribution in [2.75, 3.05) is 0 Å². The third kappa shape index (κ3) is 2.77. The van der Waals surface area contributed by atoms with Crippen LogP contribution in [0, 0.1) is 5.82 Å². The summed E-state index contributed by atoms with van der Waals surface area (Å²) in [7, 11) is 0. The van der Waals surface area contributed by atoms with Crippen LogP contribution < -0.4 is 5.84 Å². The summed E-state index contributed by atoms with van der Waals surface area (Å²) in [5.74, 6) is 3.31. The maximum Gasteiger partial charge on any atom is 0.335 e. The number of hydrogen-bond acceptors (Lipinski definition) is 3. The molecular weight excluding hydrogens is 247 g/mol. The fourth-order valence-electron chi connectivity index (χ4n) is 1.72. The van der Waals surface area contributed by atoms with Crippen molar-refractivity contribution in [3.05, 3.63) is 59.4 Å². The van der Waals surface area contributed by atoms with E-state index in [-0.39, 0.29) is 5.56 Å². The van der Waals surface area contributed by atoms with Crippen LogP contribution in [0.15, 0.2) is 47.6 Å². The van der Waals surface area contributed by atoms with Gasteiger partial charge in [-0.3, -0.25) is 0 Å². The van der Waals surface area contributed by atoms with E-state index in [9.17, 15) is 9.18 Å². The van der Waals surface area contributed by atoms with Crippen LogP contribution in [0.1, 0.15) is 15.9 Å². The van der Waals surface area contributed by atoms with Crippen molar-refractivity contribution in [3.8, 4) is 11.1 Å². The van der Waals surface area contributed by atoms with Gasteiger partial charge < -0.3 is 10.9 Å². The van der Waals surface area contributed by atoms with Crippen LogP contribution in [-0.2, 0) is 0 Å². The summed E-state index contributed by atoms with van der Waals surface area (Å²) < 4.78 is 13.8. The van der Waals surface area contributed by atoms with Crippen LogP contribution in [0.25, 0.3) is 11.1 Å². The number of benzene rings is 2. The first-order valence-electron chi connectivity index (χ1n) is 5.48. The predicted octanol–water partition coefficient (Wildman–Crippen LogP) is 2.48. The number of aromatic carboxylic acids is 1. The molecule has 0 atom stereocenters. The minimum atomic E-state index is -1.15. The number of nitrogens with two attached hydrogens (primary N) is 1. The molecule has 0 spiro atoms. The molecule has 0 aromatic heterocycles. The van der Waals surface area contributed by atoms with Gasteiger partial charge in [0.1, 0.15) is 5.82 Å².